The summed E-state index contributed by atoms with van der Waals surface area (Å²) in [6.07, 6.45) is 0. The lowest BCUT2D eigenvalue weighted by Crippen LogP contribution is -2.28. The Labute approximate surface area is 155 Å². The van der Waals surface area contributed by atoms with E-state index >= 15 is 0 Å². The summed E-state index contributed by atoms with van der Waals surface area (Å²) in [6.45, 7) is 8.31. The summed E-state index contributed by atoms with van der Waals surface area (Å²) in [4.78, 5) is 13.6. The largest absolute Gasteiger partial charge is 0.345 e. The number of rotatable bonds is 6. The minimum atomic E-state index is -3.78. The quantitative estimate of drug-likeness (QED) is 0.836. The van der Waals surface area contributed by atoms with Crippen LogP contribution in [0, 0.1) is 13.8 Å². The van der Waals surface area contributed by atoms with E-state index in [1.807, 2.05) is 25.5 Å². The van der Waals surface area contributed by atoms with Crippen molar-refractivity contribution in [1.29, 1.82) is 0 Å². The molecule has 0 saturated carbocycles. The van der Waals surface area contributed by atoms with Crippen LogP contribution in [0.4, 0.5) is 0 Å². The molecule has 26 heavy (non-hydrogen) atoms. The second kappa shape index (κ2) is 7.59. The number of carbonyl (C=O) groups is 1. The monoisotopic (exact) mass is 378 g/mol. The highest BCUT2D eigenvalue weighted by Gasteiger charge is 2.24. The van der Waals surface area contributed by atoms with Crippen molar-refractivity contribution in [3.63, 3.8) is 0 Å². The van der Waals surface area contributed by atoms with Crippen molar-refractivity contribution in [3.05, 3.63) is 46.8 Å². The molecule has 0 fully saturated rings. The van der Waals surface area contributed by atoms with Crippen molar-refractivity contribution in [2.45, 2.75) is 45.2 Å². The Hall–Kier alpha value is -2.19. The first-order chi connectivity index (χ1) is 12.1. The Morgan fingerprint density at radius 1 is 1.31 bits per heavy atom. The molecule has 1 atom stereocenters. The first-order valence-corrected chi connectivity index (χ1v) is 9.94. The number of aromatic nitrogens is 2. The van der Waals surface area contributed by atoms with Crippen molar-refractivity contribution >= 4 is 15.9 Å². The van der Waals surface area contributed by atoms with Crippen LogP contribution >= 0.6 is 0 Å². The van der Waals surface area contributed by atoms with Gasteiger partial charge in [0.2, 0.25) is 10.0 Å². The molecule has 1 heterocycles. The van der Waals surface area contributed by atoms with Crippen LogP contribution in [-0.4, -0.2) is 43.1 Å². The Kier molecular flexibility index (Phi) is 5.87. The molecule has 1 amide bonds. The van der Waals surface area contributed by atoms with Gasteiger partial charge in [0.05, 0.1) is 10.6 Å². The Bertz CT molecular complexity index is 917. The third-order valence-electron chi connectivity index (χ3n) is 4.30. The normalized spacial score (nSPS) is 12.8. The van der Waals surface area contributed by atoms with E-state index in [-0.39, 0.29) is 10.8 Å². The molecule has 0 saturated heterocycles. The van der Waals surface area contributed by atoms with Gasteiger partial charge < -0.3 is 4.90 Å². The molecule has 2 rings (SSSR count). The van der Waals surface area contributed by atoms with Crippen molar-refractivity contribution < 1.29 is 13.2 Å². The number of nitrogens with zero attached hydrogens (tertiary/aromatic N) is 3. The van der Waals surface area contributed by atoms with Gasteiger partial charge in [0, 0.05) is 43.5 Å². The second-order valence-electron chi connectivity index (χ2n) is 6.47. The van der Waals surface area contributed by atoms with E-state index in [2.05, 4.69) is 9.82 Å². The van der Waals surface area contributed by atoms with Crippen LogP contribution in [-0.2, 0) is 16.6 Å². The van der Waals surface area contributed by atoms with Crippen LogP contribution in [0.15, 0.2) is 29.2 Å². The van der Waals surface area contributed by atoms with Crippen LogP contribution in [0.2, 0.25) is 0 Å². The summed E-state index contributed by atoms with van der Waals surface area (Å²) in [5.74, 6) is -0.244. The zero-order valence-corrected chi connectivity index (χ0v) is 16.9. The summed E-state index contributed by atoms with van der Waals surface area (Å²) in [7, 11) is -0.527. The van der Waals surface area contributed by atoms with Gasteiger partial charge in [0.1, 0.15) is 0 Å². The van der Waals surface area contributed by atoms with Crippen LogP contribution in [0.5, 0.6) is 0 Å². The maximum absolute atomic E-state index is 12.8. The van der Waals surface area contributed by atoms with Crippen molar-refractivity contribution in [2.24, 2.45) is 0 Å². The first kappa shape index (κ1) is 20.1. The highest BCUT2D eigenvalue weighted by Crippen LogP contribution is 2.24. The maximum Gasteiger partial charge on any atom is 0.253 e. The van der Waals surface area contributed by atoms with E-state index in [0.717, 1.165) is 23.5 Å². The molecule has 0 spiro atoms. The van der Waals surface area contributed by atoms with Gasteiger partial charge in [-0.05, 0) is 45.9 Å². The summed E-state index contributed by atoms with van der Waals surface area (Å²) >= 11 is 0. The fourth-order valence-corrected chi connectivity index (χ4v) is 4.32. The summed E-state index contributed by atoms with van der Waals surface area (Å²) < 4.78 is 30.1. The van der Waals surface area contributed by atoms with Gasteiger partial charge in [-0.1, -0.05) is 6.07 Å². The summed E-state index contributed by atoms with van der Waals surface area (Å²) in [5.41, 5.74) is 2.94. The highest BCUT2D eigenvalue weighted by atomic mass is 32.2. The maximum atomic E-state index is 12.8. The summed E-state index contributed by atoms with van der Waals surface area (Å²) in [6, 6.07) is 5.61. The van der Waals surface area contributed by atoms with Crippen LogP contribution in [0.25, 0.3) is 0 Å². The molecular formula is C18H26N4O3S. The van der Waals surface area contributed by atoms with Crippen LogP contribution < -0.4 is 4.72 Å². The molecule has 1 aromatic heterocycles. The number of amides is 1. The van der Waals surface area contributed by atoms with Crippen molar-refractivity contribution in [2.75, 3.05) is 14.1 Å². The molecule has 2 aromatic rings. The molecule has 0 unspecified atom stereocenters. The predicted molar refractivity (Wildman–Crippen MR) is 101 cm³/mol. The Morgan fingerprint density at radius 3 is 2.50 bits per heavy atom. The lowest BCUT2D eigenvalue weighted by molar-refractivity contribution is 0.0827. The van der Waals surface area contributed by atoms with Gasteiger partial charge in [-0.3, -0.25) is 9.48 Å². The third kappa shape index (κ3) is 3.96. The van der Waals surface area contributed by atoms with Crippen LogP contribution in [0.1, 0.15) is 47.2 Å². The smallest absolute Gasteiger partial charge is 0.253 e. The first-order valence-electron chi connectivity index (χ1n) is 8.46. The number of hydrogen-bond acceptors (Lipinski definition) is 4. The molecule has 1 aromatic carbocycles. The number of sulfonamides is 1. The number of carbonyl (C=O) groups excluding carboxylic acids is 1. The fraction of sp³-hybridized carbons (Fsp3) is 0.444. The zero-order chi connectivity index (χ0) is 19.6. The molecular weight excluding hydrogens is 352 g/mol. The molecule has 0 radical (unpaired) electrons. The van der Waals surface area contributed by atoms with Gasteiger partial charge >= 0.3 is 0 Å². The SMILES string of the molecule is CCn1nc(C)c([C@@H](C)NS(=O)(=O)c2cccc(C(=O)N(C)C)c2)c1C. The predicted octanol–water partition coefficient (Wildman–Crippen LogP) is 2.26. The van der Waals surface area contributed by atoms with E-state index in [4.69, 9.17) is 0 Å². The molecule has 0 aliphatic rings. The summed E-state index contributed by atoms with van der Waals surface area (Å²) in [5, 5.41) is 4.44. The van der Waals surface area contributed by atoms with E-state index < -0.39 is 16.1 Å². The minimum Gasteiger partial charge on any atom is -0.345 e. The Balaban J connectivity index is 2.33. The topological polar surface area (TPSA) is 84.3 Å². The van der Waals surface area contributed by atoms with Gasteiger partial charge in [-0.15, -0.1) is 0 Å². The average molecular weight is 378 g/mol. The van der Waals surface area contributed by atoms with E-state index in [0.29, 0.717) is 5.56 Å². The number of nitrogens with one attached hydrogen (secondary N) is 1. The van der Waals surface area contributed by atoms with Crippen molar-refractivity contribution in [1.82, 2.24) is 19.4 Å². The van der Waals surface area contributed by atoms with Gasteiger partial charge in [-0.2, -0.15) is 5.10 Å². The molecule has 1 N–H and O–H groups in total. The standard InChI is InChI=1S/C18H26N4O3S/c1-7-22-14(4)17(12(2)19-22)13(3)20-26(24,25)16-10-8-9-15(11-16)18(23)21(5)6/h8-11,13,20H,7H2,1-6H3/t13-/m1/s1. The molecule has 0 aliphatic carbocycles. The van der Waals surface area contributed by atoms with Gasteiger partial charge in [0.15, 0.2) is 0 Å². The fourth-order valence-electron chi connectivity index (χ4n) is 3.06. The average Bonchev–Trinajstić information content (AvgIpc) is 2.87. The molecule has 7 nitrogen and oxygen atoms in total. The van der Waals surface area contributed by atoms with Crippen LogP contribution in [0.3, 0.4) is 0 Å². The number of aryl methyl sites for hydroxylation is 2. The lowest BCUT2D eigenvalue weighted by Gasteiger charge is -2.16. The second-order valence-corrected chi connectivity index (χ2v) is 8.18. The molecule has 0 bridgehead atoms. The minimum absolute atomic E-state index is 0.0650. The van der Waals surface area contributed by atoms with E-state index in [1.54, 1.807) is 33.2 Å². The van der Waals surface area contributed by atoms with E-state index in [9.17, 15) is 13.2 Å². The molecule has 8 heteroatoms. The van der Waals surface area contributed by atoms with E-state index in [1.165, 1.54) is 17.0 Å². The zero-order valence-electron chi connectivity index (χ0n) is 16.1. The lowest BCUT2D eigenvalue weighted by atomic mass is 10.1. The van der Waals surface area contributed by atoms with Gasteiger partial charge in [0.25, 0.3) is 5.91 Å². The number of hydrogen-bond donors (Lipinski definition) is 1. The third-order valence-corrected chi connectivity index (χ3v) is 5.84. The van der Waals surface area contributed by atoms with Gasteiger partial charge in [-0.25, -0.2) is 13.1 Å². The highest BCUT2D eigenvalue weighted by molar-refractivity contribution is 7.89. The molecule has 142 valence electrons. The van der Waals surface area contributed by atoms with Crippen molar-refractivity contribution in [3.8, 4) is 0 Å². The molecule has 0 aliphatic heterocycles. The number of benzene rings is 1. The Morgan fingerprint density at radius 2 is 1.96 bits per heavy atom.